The van der Waals surface area contributed by atoms with Crippen LogP contribution in [0.15, 0.2) is 36.5 Å². The van der Waals surface area contributed by atoms with Gasteiger partial charge in [-0.15, -0.1) is 0 Å². The molecule has 0 unspecified atom stereocenters. The summed E-state index contributed by atoms with van der Waals surface area (Å²) in [5, 5.41) is 0. The average Bonchev–Trinajstić information content (AvgIpc) is 2.85. The van der Waals surface area contributed by atoms with Crippen LogP contribution in [0.2, 0.25) is 0 Å². The fourth-order valence-electron chi connectivity index (χ4n) is 1.99. The van der Waals surface area contributed by atoms with E-state index in [1.165, 1.54) is 7.11 Å². The summed E-state index contributed by atoms with van der Waals surface area (Å²) in [6, 6.07) is 9.24. The lowest BCUT2D eigenvalue weighted by Gasteiger charge is -2.20. The maximum absolute atomic E-state index is 11.5. The molecular weight excluding hydrogens is 218 g/mol. The number of esters is 1. The molecule has 1 aromatic heterocycles. The number of carbonyl (C=O) groups is 1. The number of hydrogen-bond acceptors (Lipinski definition) is 3. The topological polar surface area (TPSA) is 40.5 Å². The van der Waals surface area contributed by atoms with E-state index in [0.29, 0.717) is 12.2 Å². The van der Waals surface area contributed by atoms with Gasteiger partial charge in [-0.05, 0) is 30.3 Å². The van der Waals surface area contributed by atoms with Gasteiger partial charge in [0.25, 0.3) is 0 Å². The van der Waals surface area contributed by atoms with Gasteiger partial charge in [-0.1, -0.05) is 0 Å². The fraction of sp³-hybridized carbons (Fsp3) is 0.154. The first-order chi connectivity index (χ1) is 8.29. The van der Waals surface area contributed by atoms with E-state index in [1.807, 2.05) is 22.9 Å². The van der Waals surface area contributed by atoms with Crippen molar-refractivity contribution in [1.82, 2.24) is 4.57 Å². The second kappa shape index (κ2) is 3.66. The Balaban J connectivity index is 2.15. The normalized spacial score (nSPS) is 12.3. The molecule has 0 N–H and O–H groups in total. The Morgan fingerprint density at radius 3 is 3.12 bits per heavy atom. The van der Waals surface area contributed by atoms with Gasteiger partial charge >= 0.3 is 5.97 Å². The highest BCUT2D eigenvalue weighted by molar-refractivity contribution is 5.90. The van der Waals surface area contributed by atoms with Gasteiger partial charge in [-0.2, -0.15) is 0 Å². The zero-order valence-electron chi connectivity index (χ0n) is 9.34. The molecular formula is C13H11NO3. The molecule has 1 aromatic carbocycles. The Morgan fingerprint density at radius 1 is 1.41 bits per heavy atom. The molecule has 0 amide bonds. The second-order valence-electron chi connectivity index (χ2n) is 3.83. The van der Waals surface area contributed by atoms with Crippen molar-refractivity contribution in [3.05, 3.63) is 47.8 Å². The summed E-state index contributed by atoms with van der Waals surface area (Å²) in [5.41, 5.74) is 2.47. The quantitative estimate of drug-likeness (QED) is 0.703. The molecule has 0 radical (unpaired) electrons. The fourth-order valence-corrected chi connectivity index (χ4v) is 1.99. The number of fused-ring (bicyclic) bond motifs is 3. The van der Waals surface area contributed by atoms with Crippen molar-refractivity contribution >= 4 is 5.97 Å². The molecule has 0 atom stereocenters. The van der Waals surface area contributed by atoms with Crippen LogP contribution in [-0.2, 0) is 11.3 Å². The minimum Gasteiger partial charge on any atom is -0.485 e. The molecule has 0 aliphatic carbocycles. The van der Waals surface area contributed by atoms with Gasteiger partial charge in [0.1, 0.15) is 12.4 Å². The van der Waals surface area contributed by atoms with E-state index in [-0.39, 0.29) is 5.97 Å². The molecule has 3 rings (SSSR count). The molecule has 0 fully saturated rings. The predicted octanol–water partition coefficient (Wildman–Crippen LogP) is 2.16. The molecule has 2 heterocycles. The first-order valence-corrected chi connectivity index (χ1v) is 5.31. The number of hydrogen-bond donors (Lipinski definition) is 0. The Hall–Kier alpha value is -2.23. The highest BCUT2D eigenvalue weighted by Gasteiger charge is 2.18. The third kappa shape index (κ3) is 1.49. The summed E-state index contributed by atoms with van der Waals surface area (Å²) in [6.45, 7) is 0.553. The molecule has 2 aromatic rings. The van der Waals surface area contributed by atoms with Crippen molar-refractivity contribution in [2.24, 2.45) is 0 Å². The molecule has 17 heavy (non-hydrogen) atoms. The van der Waals surface area contributed by atoms with Crippen molar-refractivity contribution in [3.8, 4) is 11.4 Å². The van der Waals surface area contributed by atoms with E-state index < -0.39 is 0 Å². The highest BCUT2D eigenvalue weighted by Crippen LogP contribution is 2.30. The molecule has 0 spiro atoms. The smallest absolute Gasteiger partial charge is 0.337 e. The third-order valence-corrected chi connectivity index (χ3v) is 2.85. The summed E-state index contributed by atoms with van der Waals surface area (Å²) in [4.78, 5) is 11.5. The van der Waals surface area contributed by atoms with Gasteiger partial charge in [-0.25, -0.2) is 4.79 Å². The predicted molar refractivity (Wildman–Crippen MR) is 61.4 cm³/mol. The second-order valence-corrected chi connectivity index (χ2v) is 3.83. The van der Waals surface area contributed by atoms with Crippen molar-refractivity contribution in [2.75, 3.05) is 7.11 Å². The zero-order chi connectivity index (χ0) is 11.8. The maximum Gasteiger partial charge on any atom is 0.337 e. The standard InChI is InChI=1S/C13H11NO3/c1-16-13(15)9-4-5-12-11(7-9)14-6-2-3-10(14)8-17-12/h2-7H,8H2,1H3. The Bertz CT molecular complexity index is 586. The summed E-state index contributed by atoms with van der Waals surface area (Å²) in [7, 11) is 1.37. The van der Waals surface area contributed by atoms with Gasteiger partial charge < -0.3 is 14.0 Å². The number of aromatic nitrogens is 1. The van der Waals surface area contributed by atoms with E-state index in [2.05, 4.69) is 0 Å². The molecule has 1 aliphatic heterocycles. The van der Waals surface area contributed by atoms with Gasteiger partial charge in [0.2, 0.25) is 0 Å². The van der Waals surface area contributed by atoms with Crippen molar-refractivity contribution in [1.29, 1.82) is 0 Å². The van der Waals surface area contributed by atoms with Gasteiger partial charge in [0, 0.05) is 6.20 Å². The van der Waals surface area contributed by atoms with E-state index in [9.17, 15) is 4.79 Å². The van der Waals surface area contributed by atoms with Crippen LogP contribution in [0.25, 0.3) is 5.69 Å². The number of carbonyl (C=O) groups excluding carboxylic acids is 1. The Kier molecular flexibility index (Phi) is 2.14. The van der Waals surface area contributed by atoms with Crippen LogP contribution in [0, 0.1) is 0 Å². The molecule has 1 aliphatic rings. The van der Waals surface area contributed by atoms with Crippen LogP contribution in [0.4, 0.5) is 0 Å². The van der Waals surface area contributed by atoms with Gasteiger partial charge in [0.15, 0.2) is 0 Å². The lowest BCUT2D eigenvalue weighted by molar-refractivity contribution is 0.0600. The van der Waals surface area contributed by atoms with Gasteiger partial charge in [0.05, 0.1) is 24.1 Å². The van der Waals surface area contributed by atoms with Crippen LogP contribution in [0.1, 0.15) is 16.1 Å². The van der Waals surface area contributed by atoms with Gasteiger partial charge in [-0.3, -0.25) is 0 Å². The van der Waals surface area contributed by atoms with E-state index in [1.54, 1.807) is 18.2 Å². The number of rotatable bonds is 1. The number of benzene rings is 1. The molecule has 4 nitrogen and oxygen atoms in total. The largest absolute Gasteiger partial charge is 0.485 e. The van der Waals surface area contributed by atoms with Crippen LogP contribution in [-0.4, -0.2) is 17.6 Å². The number of ether oxygens (including phenoxy) is 2. The lowest BCUT2D eigenvalue weighted by atomic mass is 10.1. The van der Waals surface area contributed by atoms with Crippen LogP contribution in [0.3, 0.4) is 0 Å². The lowest BCUT2D eigenvalue weighted by Crippen LogP contribution is -2.12. The molecule has 4 heteroatoms. The number of methoxy groups -OCH3 is 1. The molecule has 0 saturated heterocycles. The van der Waals surface area contributed by atoms with Crippen LogP contribution < -0.4 is 4.74 Å². The monoisotopic (exact) mass is 229 g/mol. The van der Waals surface area contributed by atoms with E-state index in [4.69, 9.17) is 9.47 Å². The summed E-state index contributed by atoms with van der Waals surface area (Å²) in [5.74, 6) is 0.438. The SMILES string of the molecule is COC(=O)c1ccc2c(c1)-n1cccc1CO2. The summed E-state index contributed by atoms with van der Waals surface area (Å²) < 4.78 is 12.3. The number of nitrogens with zero attached hydrogens (tertiary/aromatic N) is 1. The third-order valence-electron chi connectivity index (χ3n) is 2.85. The highest BCUT2D eigenvalue weighted by atomic mass is 16.5. The zero-order valence-corrected chi connectivity index (χ0v) is 9.34. The van der Waals surface area contributed by atoms with E-state index >= 15 is 0 Å². The first-order valence-electron chi connectivity index (χ1n) is 5.31. The summed E-state index contributed by atoms with van der Waals surface area (Å²) in [6.07, 6.45) is 1.96. The maximum atomic E-state index is 11.5. The average molecular weight is 229 g/mol. The minimum absolute atomic E-state index is 0.341. The molecule has 0 bridgehead atoms. The van der Waals surface area contributed by atoms with Crippen molar-refractivity contribution < 1.29 is 14.3 Å². The molecule has 0 saturated carbocycles. The van der Waals surface area contributed by atoms with E-state index in [0.717, 1.165) is 17.1 Å². The van der Waals surface area contributed by atoms with Crippen molar-refractivity contribution in [3.63, 3.8) is 0 Å². The minimum atomic E-state index is -0.341. The molecule has 86 valence electrons. The van der Waals surface area contributed by atoms with Crippen LogP contribution in [0.5, 0.6) is 5.75 Å². The summed E-state index contributed by atoms with van der Waals surface area (Å²) >= 11 is 0. The van der Waals surface area contributed by atoms with Crippen molar-refractivity contribution in [2.45, 2.75) is 6.61 Å². The van der Waals surface area contributed by atoms with Crippen LogP contribution >= 0.6 is 0 Å². The first kappa shape index (κ1) is 9.96. The Labute approximate surface area is 98.4 Å². The Morgan fingerprint density at radius 2 is 2.29 bits per heavy atom.